The van der Waals surface area contributed by atoms with E-state index in [0.717, 1.165) is 11.6 Å². The molecule has 0 aliphatic carbocycles. The third-order valence-corrected chi connectivity index (χ3v) is 7.98. The normalized spacial score (nSPS) is 14.7. The van der Waals surface area contributed by atoms with E-state index in [4.69, 9.17) is 21.1 Å². The molecule has 0 aromatic heterocycles. The van der Waals surface area contributed by atoms with Gasteiger partial charge in [0.1, 0.15) is 16.5 Å². The molecule has 37 heavy (non-hydrogen) atoms. The predicted octanol–water partition coefficient (Wildman–Crippen LogP) is 5.23. The van der Waals surface area contributed by atoms with Crippen molar-refractivity contribution in [2.75, 3.05) is 29.9 Å². The molecule has 0 radical (unpaired) electrons. The van der Waals surface area contributed by atoms with E-state index in [9.17, 15) is 22.4 Å². The van der Waals surface area contributed by atoms with Gasteiger partial charge in [-0.15, -0.1) is 0 Å². The zero-order chi connectivity index (χ0) is 26.9. The largest absolute Gasteiger partial charge is 0.495 e. The van der Waals surface area contributed by atoms with Gasteiger partial charge in [0.2, 0.25) is 0 Å². The van der Waals surface area contributed by atoms with Crippen molar-refractivity contribution in [3.63, 3.8) is 0 Å². The van der Waals surface area contributed by atoms with Crippen molar-refractivity contribution in [2.45, 2.75) is 24.7 Å². The summed E-state index contributed by atoms with van der Waals surface area (Å²) in [6, 6.07) is 12.7. The Balaban J connectivity index is 1.64. The summed E-state index contributed by atoms with van der Waals surface area (Å²) in [6.07, 6.45) is 0. The topological polar surface area (TPSA) is 102 Å². The molecule has 0 bridgehead atoms. The standard InChI is InChI=1S/C26H24ClFN2O6S/c1-4-36-26(32)20-9-7-18(13-21(20)28)29-25(31)16-5-8-19-15(2)14-30(22(19)11-16)37(33,34)24-12-17(27)6-10-23(24)35-3/h5-13,15H,4,14H2,1-3H3,(H,29,31). The van der Waals surface area contributed by atoms with Gasteiger partial charge in [0.05, 0.1) is 25.0 Å². The lowest BCUT2D eigenvalue weighted by Crippen LogP contribution is -2.30. The van der Waals surface area contributed by atoms with Gasteiger partial charge in [0.25, 0.3) is 15.9 Å². The van der Waals surface area contributed by atoms with Gasteiger partial charge < -0.3 is 14.8 Å². The molecule has 11 heteroatoms. The second-order valence-electron chi connectivity index (χ2n) is 8.38. The number of hydrogen-bond acceptors (Lipinski definition) is 6. The lowest BCUT2D eigenvalue weighted by atomic mass is 10.0. The van der Waals surface area contributed by atoms with Crippen molar-refractivity contribution in [3.05, 3.63) is 82.1 Å². The van der Waals surface area contributed by atoms with E-state index < -0.39 is 27.7 Å². The SMILES string of the molecule is CCOC(=O)c1ccc(NC(=O)c2ccc3c(c2)N(S(=O)(=O)c2cc(Cl)ccc2OC)CC3C)cc1F. The fraction of sp³-hybridized carbons (Fsp3) is 0.231. The van der Waals surface area contributed by atoms with Crippen LogP contribution in [-0.4, -0.2) is 40.6 Å². The molecule has 1 atom stereocenters. The lowest BCUT2D eigenvalue weighted by molar-refractivity contribution is 0.0521. The van der Waals surface area contributed by atoms with Crippen LogP contribution >= 0.6 is 11.6 Å². The molecular formula is C26H24ClFN2O6S. The molecule has 0 spiro atoms. The smallest absolute Gasteiger partial charge is 0.341 e. The predicted molar refractivity (Wildman–Crippen MR) is 138 cm³/mol. The van der Waals surface area contributed by atoms with Crippen LogP contribution in [0.4, 0.5) is 15.8 Å². The van der Waals surface area contributed by atoms with E-state index in [1.807, 2.05) is 6.92 Å². The Morgan fingerprint density at radius 1 is 1.14 bits per heavy atom. The number of sulfonamides is 1. The first-order valence-corrected chi connectivity index (χ1v) is 13.2. The molecule has 3 aromatic rings. The van der Waals surface area contributed by atoms with E-state index in [0.29, 0.717) is 5.69 Å². The Labute approximate surface area is 219 Å². The number of nitrogens with zero attached hydrogens (tertiary/aromatic N) is 1. The summed E-state index contributed by atoms with van der Waals surface area (Å²) in [5.74, 6) is -2.21. The molecule has 0 saturated heterocycles. The molecule has 4 rings (SSSR count). The van der Waals surface area contributed by atoms with Gasteiger partial charge in [0, 0.05) is 28.7 Å². The molecule has 0 saturated carbocycles. The van der Waals surface area contributed by atoms with Crippen LogP contribution in [0.2, 0.25) is 5.02 Å². The number of esters is 1. The molecule has 194 valence electrons. The molecule has 8 nitrogen and oxygen atoms in total. The number of carbonyl (C=O) groups is 2. The number of amides is 1. The van der Waals surface area contributed by atoms with Crippen molar-refractivity contribution in [3.8, 4) is 5.75 Å². The van der Waals surface area contributed by atoms with Crippen molar-refractivity contribution in [1.82, 2.24) is 0 Å². The summed E-state index contributed by atoms with van der Waals surface area (Å²) in [6.45, 7) is 3.76. The number of halogens is 2. The molecular weight excluding hydrogens is 523 g/mol. The number of carbonyl (C=O) groups excluding carboxylic acids is 2. The Morgan fingerprint density at radius 2 is 1.89 bits per heavy atom. The quantitative estimate of drug-likeness (QED) is 0.407. The monoisotopic (exact) mass is 546 g/mol. The van der Waals surface area contributed by atoms with Crippen molar-refractivity contribution < 1.29 is 31.9 Å². The van der Waals surface area contributed by atoms with E-state index >= 15 is 0 Å². The fourth-order valence-corrected chi connectivity index (χ4v) is 6.12. The minimum Gasteiger partial charge on any atom is -0.495 e. The molecule has 0 fully saturated rings. The van der Waals surface area contributed by atoms with Crippen LogP contribution in [-0.2, 0) is 14.8 Å². The second kappa shape index (κ2) is 10.4. The van der Waals surface area contributed by atoms with Crippen LogP contribution in [0.25, 0.3) is 0 Å². The van der Waals surface area contributed by atoms with Gasteiger partial charge in [-0.1, -0.05) is 24.6 Å². The van der Waals surface area contributed by atoms with Crippen LogP contribution in [0.1, 0.15) is 46.0 Å². The number of ether oxygens (including phenoxy) is 2. The van der Waals surface area contributed by atoms with E-state index in [1.165, 1.54) is 47.8 Å². The summed E-state index contributed by atoms with van der Waals surface area (Å²) in [5, 5.41) is 2.81. The number of benzene rings is 3. The van der Waals surface area contributed by atoms with E-state index in [1.54, 1.807) is 19.1 Å². The summed E-state index contributed by atoms with van der Waals surface area (Å²) in [7, 11) is -2.71. The second-order valence-corrected chi connectivity index (χ2v) is 10.6. The number of hydrogen-bond donors (Lipinski definition) is 1. The first-order chi connectivity index (χ1) is 17.6. The van der Waals surface area contributed by atoms with Crippen molar-refractivity contribution >= 4 is 44.9 Å². The van der Waals surface area contributed by atoms with E-state index in [-0.39, 0.29) is 51.6 Å². The zero-order valence-corrected chi connectivity index (χ0v) is 21.8. The first-order valence-electron chi connectivity index (χ1n) is 11.3. The number of anilines is 2. The summed E-state index contributed by atoms with van der Waals surface area (Å²) >= 11 is 6.07. The third-order valence-electron chi connectivity index (χ3n) is 5.95. The fourth-order valence-electron chi connectivity index (χ4n) is 4.13. The van der Waals surface area contributed by atoms with Crippen LogP contribution in [0.3, 0.4) is 0 Å². The molecule has 1 aliphatic heterocycles. The molecule has 1 aliphatic rings. The highest BCUT2D eigenvalue weighted by Gasteiger charge is 2.37. The van der Waals surface area contributed by atoms with E-state index in [2.05, 4.69) is 5.32 Å². The summed E-state index contributed by atoms with van der Waals surface area (Å²) < 4.78 is 52.9. The number of methoxy groups -OCH3 is 1. The summed E-state index contributed by atoms with van der Waals surface area (Å²) in [5.41, 5.74) is 1.15. The summed E-state index contributed by atoms with van der Waals surface area (Å²) in [4.78, 5) is 24.7. The highest BCUT2D eigenvalue weighted by Crippen LogP contribution is 2.42. The van der Waals surface area contributed by atoms with Crippen molar-refractivity contribution in [1.29, 1.82) is 0 Å². The average molecular weight is 547 g/mol. The third kappa shape index (κ3) is 5.12. The molecule has 1 unspecified atom stereocenters. The van der Waals surface area contributed by atoms with Gasteiger partial charge >= 0.3 is 5.97 Å². The minimum absolute atomic E-state index is 0.0884. The maximum absolute atomic E-state index is 14.4. The van der Waals surface area contributed by atoms with Gasteiger partial charge in [0.15, 0.2) is 0 Å². The van der Waals surface area contributed by atoms with Gasteiger partial charge in [-0.25, -0.2) is 17.6 Å². The minimum atomic E-state index is -4.08. The Kier molecular flexibility index (Phi) is 7.42. The van der Waals surface area contributed by atoms with Crippen molar-refractivity contribution in [2.24, 2.45) is 0 Å². The van der Waals surface area contributed by atoms with Gasteiger partial charge in [-0.05, 0) is 61.0 Å². The molecule has 1 amide bonds. The highest BCUT2D eigenvalue weighted by atomic mass is 35.5. The number of nitrogens with one attached hydrogen (secondary N) is 1. The maximum atomic E-state index is 14.4. The Morgan fingerprint density at radius 3 is 2.57 bits per heavy atom. The van der Waals surface area contributed by atoms with Crippen LogP contribution in [0, 0.1) is 5.82 Å². The zero-order valence-electron chi connectivity index (χ0n) is 20.2. The first kappa shape index (κ1) is 26.4. The van der Waals surface area contributed by atoms with Gasteiger partial charge in [-0.3, -0.25) is 9.10 Å². The van der Waals surface area contributed by atoms with Gasteiger partial charge in [-0.2, -0.15) is 0 Å². The lowest BCUT2D eigenvalue weighted by Gasteiger charge is -2.22. The highest BCUT2D eigenvalue weighted by molar-refractivity contribution is 7.93. The van der Waals surface area contributed by atoms with Crippen LogP contribution in [0.15, 0.2) is 59.5 Å². The molecule has 1 N–H and O–H groups in total. The van der Waals surface area contributed by atoms with Crippen LogP contribution < -0.4 is 14.4 Å². The Bertz CT molecular complexity index is 1490. The Hall–Kier alpha value is -3.63. The molecule has 1 heterocycles. The van der Waals surface area contributed by atoms with Crippen LogP contribution in [0.5, 0.6) is 5.75 Å². The number of fused-ring (bicyclic) bond motifs is 1. The number of rotatable bonds is 7. The maximum Gasteiger partial charge on any atom is 0.341 e. The molecule has 3 aromatic carbocycles. The average Bonchev–Trinajstić information content (AvgIpc) is 3.20.